The van der Waals surface area contributed by atoms with Gasteiger partial charge in [0.15, 0.2) is 0 Å². The minimum Gasteiger partial charge on any atom is -0.481 e. The second-order valence-electron chi connectivity index (χ2n) is 36.7. The second kappa shape index (κ2) is 74.5. The maximum atomic E-state index is 12.8. The topological polar surface area (TPSA) is 233 Å². The maximum Gasteiger partial charge on any atom is 0.309 e. The van der Waals surface area contributed by atoms with Gasteiger partial charge in [0.1, 0.15) is 11.6 Å². The molecule has 2 rings (SSSR count). The van der Waals surface area contributed by atoms with Gasteiger partial charge in [0.25, 0.3) is 0 Å². The first-order chi connectivity index (χ1) is 56.4. The Morgan fingerprint density at radius 1 is 0.241 bits per heavy atom. The highest BCUT2D eigenvalue weighted by Crippen LogP contribution is 2.42. The van der Waals surface area contributed by atoms with Crippen LogP contribution in [0, 0.1) is 21.7 Å². The van der Waals surface area contributed by atoms with Gasteiger partial charge in [-0.15, -0.1) is 0 Å². The van der Waals surface area contributed by atoms with Crippen molar-refractivity contribution in [1.82, 2.24) is 19.8 Å². The average molecular weight is 1630 g/mol. The number of aromatic nitrogens is 2. The average Bonchev–Trinajstić information content (AvgIpc) is 0.859. The highest BCUT2D eigenvalue weighted by molar-refractivity contribution is 5.76. The lowest BCUT2D eigenvalue weighted by atomic mass is 9.74. The van der Waals surface area contributed by atoms with Crippen LogP contribution in [0.25, 0.3) is 0 Å². The van der Waals surface area contributed by atoms with Gasteiger partial charge >= 0.3 is 23.9 Å². The SMILES string of the molecule is CCCCCCCCC(CCCCCC)(CCCCCCN(CCCCCCC(CCCCCC)(CCCCCCCC)C(=O)O)CCc1ccc(N)nc1)C(=O)O.CCCCCCCCC(CCCCCC)(CCCCCCN(CCCCCCC(CCCCCC)(CCCCCCCC)C(=O)O)CCc1ccc(N)nc1)C(=O)O. The number of aliphatic carboxylic acids is 4. The van der Waals surface area contributed by atoms with Crippen LogP contribution < -0.4 is 11.5 Å². The number of nitrogen functional groups attached to an aromatic ring is 2. The fraction of sp³-hybridized carbons (Fsp3) is 0.863. The van der Waals surface area contributed by atoms with E-state index >= 15 is 0 Å². The normalized spacial score (nSPS) is 13.8. The monoisotopic (exact) mass is 1630 g/mol. The fourth-order valence-corrected chi connectivity index (χ4v) is 18.3. The van der Waals surface area contributed by atoms with E-state index in [1.165, 1.54) is 165 Å². The van der Waals surface area contributed by atoms with Crippen LogP contribution in [0.5, 0.6) is 0 Å². The number of unbranched alkanes of at least 4 members (excludes halogenated alkanes) is 44. The largest absolute Gasteiger partial charge is 0.481 e. The summed E-state index contributed by atoms with van der Waals surface area (Å²) in [6, 6.07) is 7.96. The number of carboxylic acids is 4. The third-order valence-corrected chi connectivity index (χ3v) is 26.5. The molecule has 0 spiro atoms. The van der Waals surface area contributed by atoms with Crippen LogP contribution in [0.4, 0.5) is 11.6 Å². The molecule has 8 N–H and O–H groups in total. The van der Waals surface area contributed by atoms with Gasteiger partial charge in [-0.05, 0) is 165 Å². The van der Waals surface area contributed by atoms with Crippen molar-refractivity contribution < 1.29 is 39.6 Å². The quantitative estimate of drug-likeness (QED) is 0.0338. The molecule has 0 aliphatic heterocycles. The molecular formula is C102H190N6O8. The molecular weight excluding hydrogens is 1440 g/mol. The summed E-state index contributed by atoms with van der Waals surface area (Å²) in [5, 5.41) is 42.2. The number of anilines is 2. The van der Waals surface area contributed by atoms with Crippen molar-refractivity contribution in [3.8, 4) is 0 Å². The van der Waals surface area contributed by atoms with E-state index in [0.717, 1.165) is 335 Å². The lowest BCUT2D eigenvalue weighted by molar-refractivity contribution is -0.151. The molecule has 0 radical (unpaired) electrons. The van der Waals surface area contributed by atoms with E-state index in [0.29, 0.717) is 11.6 Å². The maximum absolute atomic E-state index is 12.8. The van der Waals surface area contributed by atoms with Crippen molar-refractivity contribution in [3.63, 3.8) is 0 Å². The molecule has 0 saturated carbocycles. The number of pyridine rings is 2. The molecule has 0 saturated heterocycles. The zero-order valence-electron chi connectivity index (χ0n) is 77.6. The fourth-order valence-electron chi connectivity index (χ4n) is 18.3. The van der Waals surface area contributed by atoms with Crippen molar-refractivity contribution in [2.45, 2.75) is 505 Å². The first-order valence-electron chi connectivity index (χ1n) is 50.2. The number of hydrogen-bond donors (Lipinski definition) is 6. The van der Waals surface area contributed by atoms with Crippen LogP contribution in [0.1, 0.15) is 503 Å². The standard InChI is InChI=1S/2C51H95N3O4/c2*1-5-9-13-17-19-27-38-50(48(55)56,36-25-15-11-7-3)40-29-21-23-31-42-54(44-35-46-33-34-47(52)53-45-46)43-32-24-22-30-41-51(49(57)58,37-26-16-12-8-4)39-28-20-18-14-10-6-2/h2*33-34,45H,5-32,35-44H2,1-4H3,(H2,52,53)(H,55,56)(H,57,58). The van der Waals surface area contributed by atoms with Crippen LogP contribution in [0.2, 0.25) is 0 Å². The van der Waals surface area contributed by atoms with E-state index in [4.69, 9.17) is 11.5 Å². The summed E-state index contributed by atoms with van der Waals surface area (Å²) < 4.78 is 0. The smallest absolute Gasteiger partial charge is 0.309 e. The van der Waals surface area contributed by atoms with Gasteiger partial charge in [-0.25, -0.2) is 9.97 Å². The molecule has 4 atom stereocenters. The number of carboxylic acid groups (broad SMARTS) is 4. The van der Waals surface area contributed by atoms with Gasteiger partial charge in [0, 0.05) is 25.5 Å². The van der Waals surface area contributed by atoms with Gasteiger partial charge in [-0.1, -0.05) is 401 Å². The summed E-state index contributed by atoms with van der Waals surface area (Å²) in [5.41, 5.74) is 11.9. The van der Waals surface area contributed by atoms with Crippen molar-refractivity contribution in [1.29, 1.82) is 0 Å². The predicted octanol–water partition coefficient (Wildman–Crippen LogP) is 30.0. The molecule has 2 heterocycles. The van der Waals surface area contributed by atoms with E-state index in [9.17, 15) is 39.6 Å². The van der Waals surface area contributed by atoms with E-state index in [-0.39, 0.29) is 0 Å². The highest BCUT2D eigenvalue weighted by Gasteiger charge is 2.40. The number of hydrogen-bond acceptors (Lipinski definition) is 10. The summed E-state index contributed by atoms with van der Waals surface area (Å²) in [4.78, 5) is 65.1. The Labute approximate surface area is 716 Å². The zero-order valence-corrected chi connectivity index (χ0v) is 77.6. The van der Waals surface area contributed by atoms with Gasteiger partial charge in [-0.2, -0.15) is 0 Å². The van der Waals surface area contributed by atoms with Crippen molar-refractivity contribution >= 4 is 35.5 Å². The van der Waals surface area contributed by atoms with Crippen LogP contribution >= 0.6 is 0 Å². The van der Waals surface area contributed by atoms with Gasteiger partial charge in [0.2, 0.25) is 0 Å². The Morgan fingerprint density at radius 2 is 0.397 bits per heavy atom. The molecule has 0 bridgehead atoms. The van der Waals surface area contributed by atoms with E-state index in [2.05, 4.69) is 87.3 Å². The Balaban J connectivity index is 0.00000116. The summed E-state index contributed by atoms with van der Waals surface area (Å²) in [5.74, 6) is -1.11. The van der Waals surface area contributed by atoms with Crippen LogP contribution in [-0.2, 0) is 32.0 Å². The Bertz CT molecular complexity index is 2280. The molecule has 14 heteroatoms. The Morgan fingerprint density at radius 3 is 0.552 bits per heavy atom. The zero-order chi connectivity index (χ0) is 85.2. The first-order valence-corrected chi connectivity index (χ1v) is 50.2. The molecule has 116 heavy (non-hydrogen) atoms. The minimum absolute atomic E-state index is 0.551. The molecule has 14 nitrogen and oxygen atoms in total. The molecule has 2 aromatic heterocycles. The highest BCUT2D eigenvalue weighted by atomic mass is 16.4. The van der Waals surface area contributed by atoms with Crippen molar-refractivity contribution in [2.75, 3.05) is 50.7 Å². The lowest BCUT2D eigenvalue weighted by Gasteiger charge is -2.30. The Hall–Kier alpha value is -4.30. The second-order valence-corrected chi connectivity index (χ2v) is 36.7. The molecule has 4 unspecified atom stereocenters. The molecule has 0 aromatic carbocycles. The first kappa shape index (κ1) is 110. The van der Waals surface area contributed by atoms with Gasteiger partial charge in [-0.3, -0.25) is 19.2 Å². The number of carbonyl (C=O) groups is 4. The van der Waals surface area contributed by atoms with Crippen molar-refractivity contribution in [3.05, 3.63) is 47.8 Å². The number of nitrogens with two attached hydrogens (primary N) is 2. The van der Waals surface area contributed by atoms with Gasteiger partial charge in [0.05, 0.1) is 21.7 Å². The van der Waals surface area contributed by atoms with Crippen molar-refractivity contribution in [2.24, 2.45) is 21.7 Å². The van der Waals surface area contributed by atoms with Crippen LogP contribution in [0.3, 0.4) is 0 Å². The minimum atomic E-state index is -0.556. The molecule has 0 aliphatic rings. The predicted molar refractivity (Wildman–Crippen MR) is 497 cm³/mol. The van der Waals surface area contributed by atoms with Crippen LogP contribution in [-0.4, -0.2) is 103 Å². The lowest BCUT2D eigenvalue weighted by Crippen LogP contribution is -2.31. The molecule has 676 valence electrons. The molecule has 2 aromatic rings. The van der Waals surface area contributed by atoms with E-state index < -0.39 is 45.5 Å². The van der Waals surface area contributed by atoms with Crippen LogP contribution in [0.15, 0.2) is 36.7 Å². The third-order valence-electron chi connectivity index (χ3n) is 26.5. The molecule has 0 aliphatic carbocycles. The Kier molecular flexibility index (Phi) is 70.5. The number of nitrogens with zero attached hydrogens (tertiary/aromatic N) is 4. The van der Waals surface area contributed by atoms with E-state index in [1.807, 2.05) is 24.5 Å². The summed E-state index contributed by atoms with van der Waals surface area (Å²) >= 11 is 0. The molecule has 0 fully saturated rings. The summed E-state index contributed by atoms with van der Waals surface area (Å²) in [6.45, 7) is 24.1. The van der Waals surface area contributed by atoms with E-state index in [1.54, 1.807) is 0 Å². The molecule has 0 amide bonds. The summed E-state index contributed by atoms with van der Waals surface area (Å²) in [7, 11) is 0. The number of rotatable bonds is 86. The summed E-state index contributed by atoms with van der Waals surface area (Å²) in [6.07, 6.45) is 80.2. The third kappa shape index (κ3) is 54.9. The van der Waals surface area contributed by atoms with Gasteiger partial charge < -0.3 is 41.7 Å².